The molecule has 3 N–H and O–H groups in total. The average Bonchev–Trinajstić information content (AvgIpc) is 2.12. The van der Waals surface area contributed by atoms with Crippen LogP contribution < -0.4 is 11.3 Å². The second kappa shape index (κ2) is 4.84. The first-order valence-corrected chi connectivity index (χ1v) is 4.36. The number of H-pyrrole nitrogens is 1. The highest BCUT2D eigenvalue weighted by atomic mass is 35.5. The van der Waals surface area contributed by atoms with Crippen LogP contribution in [0, 0.1) is 0 Å². The molecule has 0 saturated heterocycles. The van der Waals surface area contributed by atoms with E-state index in [1.807, 2.05) is 12.2 Å². The van der Waals surface area contributed by atoms with Gasteiger partial charge in [0.15, 0.2) is 0 Å². The molecule has 0 unspecified atom stereocenters. The maximum Gasteiger partial charge on any atom is 0.266 e. The molecule has 1 rings (SSSR count). The quantitative estimate of drug-likeness (QED) is 0.771. The van der Waals surface area contributed by atoms with E-state index in [4.69, 9.17) is 17.3 Å². The second-order valence-electron chi connectivity index (χ2n) is 2.59. The third kappa shape index (κ3) is 3.05. The molecule has 0 atom stereocenters. The van der Waals surface area contributed by atoms with Crippen LogP contribution in [0.5, 0.6) is 0 Å². The third-order valence-corrected chi connectivity index (χ3v) is 1.80. The fourth-order valence-corrected chi connectivity index (χ4v) is 1.06. The molecule has 1 aromatic rings. The van der Waals surface area contributed by atoms with Crippen molar-refractivity contribution in [1.82, 2.24) is 4.98 Å². The number of halogens is 1. The smallest absolute Gasteiger partial charge is 0.266 e. The largest absolute Gasteiger partial charge is 0.330 e. The Morgan fingerprint density at radius 1 is 1.62 bits per heavy atom. The van der Waals surface area contributed by atoms with Crippen LogP contribution in [-0.4, -0.2) is 11.5 Å². The summed E-state index contributed by atoms with van der Waals surface area (Å²) in [6, 6.07) is 1.62. The second-order valence-corrected chi connectivity index (χ2v) is 3.00. The Hall–Kier alpha value is -1.06. The number of hydrogen-bond donors (Lipinski definition) is 2. The lowest BCUT2D eigenvalue weighted by molar-refractivity contribution is 1.01. The molecule has 13 heavy (non-hydrogen) atoms. The summed E-state index contributed by atoms with van der Waals surface area (Å²) in [6.07, 6.45) is 6.23. The SMILES string of the molecule is NCCC=Cc1c[nH]c(=O)c(Cl)c1. The van der Waals surface area contributed by atoms with Gasteiger partial charge in [-0.1, -0.05) is 23.8 Å². The van der Waals surface area contributed by atoms with E-state index >= 15 is 0 Å². The van der Waals surface area contributed by atoms with Gasteiger partial charge < -0.3 is 10.7 Å². The Balaban J connectivity index is 2.79. The van der Waals surface area contributed by atoms with Crippen molar-refractivity contribution in [2.45, 2.75) is 6.42 Å². The third-order valence-electron chi connectivity index (χ3n) is 1.52. The van der Waals surface area contributed by atoms with Crippen LogP contribution in [0.1, 0.15) is 12.0 Å². The molecule has 0 radical (unpaired) electrons. The number of nitrogens with one attached hydrogen (secondary N) is 1. The van der Waals surface area contributed by atoms with Gasteiger partial charge in [0, 0.05) is 6.20 Å². The van der Waals surface area contributed by atoms with Gasteiger partial charge in [-0.3, -0.25) is 4.79 Å². The van der Waals surface area contributed by atoms with Gasteiger partial charge in [0.2, 0.25) is 0 Å². The minimum atomic E-state index is -0.266. The molecule has 0 spiro atoms. The molecule has 0 aliphatic rings. The van der Waals surface area contributed by atoms with E-state index < -0.39 is 0 Å². The van der Waals surface area contributed by atoms with E-state index in [1.165, 1.54) is 0 Å². The minimum absolute atomic E-state index is 0.204. The summed E-state index contributed by atoms with van der Waals surface area (Å²) in [7, 11) is 0. The number of rotatable bonds is 3. The lowest BCUT2D eigenvalue weighted by atomic mass is 10.2. The van der Waals surface area contributed by atoms with Crippen molar-refractivity contribution in [3.8, 4) is 0 Å². The summed E-state index contributed by atoms with van der Waals surface area (Å²) >= 11 is 5.62. The van der Waals surface area contributed by atoms with Gasteiger partial charge in [0.1, 0.15) is 5.02 Å². The molecule has 3 nitrogen and oxygen atoms in total. The monoisotopic (exact) mass is 198 g/mol. The highest BCUT2D eigenvalue weighted by Crippen LogP contribution is 2.05. The van der Waals surface area contributed by atoms with Crippen LogP contribution >= 0.6 is 11.6 Å². The molecule has 1 aromatic heterocycles. The summed E-state index contributed by atoms with van der Waals surface area (Å²) in [5.74, 6) is 0. The molecule has 1 heterocycles. The fourth-order valence-electron chi connectivity index (χ4n) is 0.883. The molecule has 0 fully saturated rings. The summed E-state index contributed by atoms with van der Waals surface area (Å²) in [5, 5.41) is 0.204. The van der Waals surface area contributed by atoms with Crippen LogP contribution in [0.3, 0.4) is 0 Å². The first-order valence-electron chi connectivity index (χ1n) is 3.99. The molecule has 0 bridgehead atoms. The van der Waals surface area contributed by atoms with E-state index in [2.05, 4.69) is 4.98 Å². The van der Waals surface area contributed by atoms with Gasteiger partial charge in [-0.2, -0.15) is 0 Å². The topological polar surface area (TPSA) is 58.9 Å². The molecule has 0 amide bonds. The van der Waals surface area contributed by atoms with Crippen molar-refractivity contribution in [3.63, 3.8) is 0 Å². The van der Waals surface area contributed by atoms with Crippen molar-refractivity contribution in [2.75, 3.05) is 6.54 Å². The van der Waals surface area contributed by atoms with Crippen molar-refractivity contribution < 1.29 is 0 Å². The molecule has 70 valence electrons. The van der Waals surface area contributed by atoms with Crippen LogP contribution in [0.25, 0.3) is 6.08 Å². The average molecular weight is 199 g/mol. The van der Waals surface area contributed by atoms with Crippen LogP contribution in [-0.2, 0) is 0 Å². The molecule has 4 heteroatoms. The van der Waals surface area contributed by atoms with E-state index in [0.29, 0.717) is 6.54 Å². The Bertz CT molecular complexity index is 357. The predicted octanol–water partition coefficient (Wildman–Crippen LogP) is 1.39. The number of aromatic nitrogens is 1. The van der Waals surface area contributed by atoms with Gasteiger partial charge in [-0.25, -0.2) is 0 Å². The van der Waals surface area contributed by atoms with Crippen LogP contribution in [0.2, 0.25) is 5.02 Å². The zero-order valence-electron chi connectivity index (χ0n) is 7.09. The number of nitrogens with two attached hydrogens (primary N) is 1. The zero-order chi connectivity index (χ0) is 9.68. The standard InChI is InChI=1S/C9H11ClN2O/c10-8-5-7(3-1-2-4-11)6-12-9(8)13/h1,3,5-6H,2,4,11H2,(H,12,13). The zero-order valence-corrected chi connectivity index (χ0v) is 7.84. The van der Waals surface area contributed by atoms with Crippen molar-refractivity contribution in [3.05, 3.63) is 39.3 Å². The summed E-state index contributed by atoms with van der Waals surface area (Å²) in [6.45, 7) is 0.619. The van der Waals surface area contributed by atoms with Crippen molar-refractivity contribution in [2.24, 2.45) is 5.73 Å². The maximum atomic E-state index is 10.9. The van der Waals surface area contributed by atoms with Gasteiger partial charge in [-0.05, 0) is 24.6 Å². The normalized spacial score (nSPS) is 10.9. The van der Waals surface area contributed by atoms with Crippen LogP contribution in [0.15, 0.2) is 23.1 Å². The number of aromatic amines is 1. The van der Waals surface area contributed by atoms with Crippen molar-refractivity contribution in [1.29, 1.82) is 0 Å². The minimum Gasteiger partial charge on any atom is -0.330 e. The predicted molar refractivity (Wildman–Crippen MR) is 54.8 cm³/mol. The molecular formula is C9H11ClN2O. The fraction of sp³-hybridized carbons (Fsp3) is 0.222. The number of hydrogen-bond acceptors (Lipinski definition) is 2. The molecule has 0 aliphatic heterocycles. The first-order chi connectivity index (χ1) is 6.24. The summed E-state index contributed by atoms with van der Waals surface area (Å²) < 4.78 is 0. The highest BCUT2D eigenvalue weighted by molar-refractivity contribution is 6.30. The summed E-state index contributed by atoms with van der Waals surface area (Å²) in [5.41, 5.74) is 5.92. The Labute approximate surface area is 81.2 Å². The van der Waals surface area contributed by atoms with E-state index in [9.17, 15) is 4.79 Å². The van der Waals surface area contributed by atoms with E-state index in [0.717, 1.165) is 12.0 Å². The first kappa shape index (κ1) is 10.0. The Morgan fingerprint density at radius 2 is 2.38 bits per heavy atom. The Kier molecular flexibility index (Phi) is 3.73. The van der Waals surface area contributed by atoms with Gasteiger partial charge in [0.25, 0.3) is 5.56 Å². The number of pyridine rings is 1. The maximum absolute atomic E-state index is 10.9. The van der Waals surface area contributed by atoms with Crippen molar-refractivity contribution >= 4 is 17.7 Å². The van der Waals surface area contributed by atoms with E-state index in [1.54, 1.807) is 12.3 Å². The lowest BCUT2D eigenvalue weighted by Gasteiger charge is -1.93. The van der Waals surface area contributed by atoms with Crippen LogP contribution in [0.4, 0.5) is 0 Å². The lowest BCUT2D eigenvalue weighted by Crippen LogP contribution is -2.04. The Morgan fingerprint density at radius 3 is 3.00 bits per heavy atom. The molecule has 0 saturated carbocycles. The highest BCUT2D eigenvalue weighted by Gasteiger charge is 1.94. The van der Waals surface area contributed by atoms with E-state index in [-0.39, 0.29) is 10.6 Å². The van der Waals surface area contributed by atoms with Gasteiger partial charge in [0.05, 0.1) is 0 Å². The molecule has 0 aromatic carbocycles. The van der Waals surface area contributed by atoms with Gasteiger partial charge in [-0.15, -0.1) is 0 Å². The van der Waals surface area contributed by atoms with Gasteiger partial charge >= 0.3 is 0 Å². The molecular weight excluding hydrogens is 188 g/mol. The summed E-state index contributed by atoms with van der Waals surface area (Å²) in [4.78, 5) is 13.4. The molecule has 0 aliphatic carbocycles.